The Balaban J connectivity index is 1.68. The topological polar surface area (TPSA) is 96.0 Å². The van der Waals surface area contributed by atoms with Crippen LogP contribution in [0.4, 0.5) is 5.69 Å². The summed E-state index contributed by atoms with van der Waals surface area (Å²) < 4.78 is 30.5. The average molecular weight is 417 g/mol. The van der Waals surface area contributed by atoms with Crippen molar-refractivity contribution in [3.63, 3.8) is 0 Å². The summed E-state index contributed by atoms with van der Waals surface area (Å²) in [6.45, 7) is 0.352. The molecule has 0 aliphatic carbocycles. The average Bonchev–Trinajstić information content (AvgIpc) is 3.08. The quantitative estimate of drug-likeness (QED) is 0.768. The zero-order chi connectivity index (χ0) is 21.2. The summed E-state index contributed by atoms with van der Waals surface area (Å²) in [5.41, 5.74) is 1.04. The van der Waals surface area contributed by atoms with E-state index in [4.69, 9.17) is 4.74 Å². The molecule has 8 nitrogen and oxygen atoms in total. The van der Waals surface area contributed by atoms with E-state index < -0.39 is 10.0 Å². The number of nitrogens with zero attached hydrogens (tertiary/aromatic N) is 2. The molecule has 0 aromatic heterocycles. The fourth-order valence-electron chi connectivity index (χ4n) is 3.09. The van der Waals surface area contributed by atoms with Crippen molar-refractivity contribution in [2.45, 2.75) is 17.4 Å². The van der Waals surface area contributed by atoms with Crippen LogP contribution >= 0.6 is 0 Å². The molecule has 1 atom stereocenters. The van der Waals surface area contributed by atoms with E-state index in [2.05, 4.69) is 5.32 Å². The first kappa shape index (κ1) is 20.8. The standard InChI is InChI=1S/C20H23N3O5S/c1-22(2)29(26,27)18-9-7-14(8-10-18)20(25)21-15-11-19(24)23(13-15)16-5-4-6-17(12-16)28-3/h4-10,12,15H,11,13H2,1-3H3,(H,21,25). The summed E-state index contributed by atoms with van der Waals surface area (Å²) >= 11 is 0. The van der Waals surface area contributed by atoms with Crippen molar-refractivity contribution in [2.24, 2.45) is 0 Å². The van der Waals surface area contributed by atoms with Crippen LogP contribution in [0.25, 0.3) is 0 Å². The van der Waals surface area contributed by atoms with Crippen LogP contribution in [0, 0.1) is 0 Å². The molecule has 9 heteroatoms. The van der Waals surface area contributed by atoms with Crippen LogP contribution in [0.1, 0.15) is 16.8 Å². The third kappa shape index (κ3) is 4.41. The van der Waals surface area contributed by atoms with E-state index in [9.17, 15) is 18.0 Å². The zero-order valence-electron chi connectivity index (χ0n) is 16.5. The number of anilines is 1. The summed E-state index contributed by atoms with van der Waals surface area (Å²) in [7, 11) is 0.897. The van der Waals surface area contributed by atoms with Crippen LogP contribution in [0.3, 0.4) is 0 Å². The molecule has 1 saturated heterocycles. The van der Waals surface area contributed by atoms with E-state index in [1.54, 1.807) is 30.2 Å². The molecular weight excluding hydrogens is 394 g/mol. The summed E-state index contributed by atoms with van der Waals surface area (Å²) in [5.74, 6) is 0.204. The lowest BCUT2D eigenvalue weighted by atomic mass is 10.2. The molecule has 2 aromatic carbocycles. The first-order chi connectivity index (χ1) is 13.7. The minimum Gasteiger partial charge on any atom is -0.497 e. The Kier molecular flexibility index (Phi) is 5.90. The zero-order valence-corrected chi connectivity index (χ0v) is 17.3. The number of hydrogen-bond donors (Lipinski definition) is 1. The molecule has 154 valence electrons. The number of benzene rings is 2. The first-order valence-corrected chi connectivity index (χ1v) is 10.4. The molecule has 1 aliphatic rings. The lowest BCUT2D eigenvalue weighted by Crippen LogP contribution is -2.37. The molecular formula is C20H23N3O5S. The fraction of sp³-hybridized carbons (Fsp3) is 0.300. The van der Waals surface area contributed by atoms with Crippen molar-refractivity contribution in [3.05, 3.63) is 54.1 Å². The lowest BCUT2D eigenvalue weighted by molar-refractivity contribution is -0.117. The van der Waals surface area contributed by atoms with Crippen LogP contribution < -0.4 is 15.0 Å². The maximum Gasteiger partial charge on any atom is 0.251 e. The SMILES string of the molecule is COc1cccc(N2CC(NC(=O)c3ccc(S(=O)(=O)N(C)C)cc3)CC2=O)c1. The Bertz CT molecular complexity index is 1020. The van der Waals surface area contributed by atoms with Crippen molar-refractivity contribution >= 4 is 27.5 Å². The van der Waals surface area contributed by atoms with Gasteiger partial charge in [-0.15, -0.1) is 0 Å². The number of ether oxygens (including phenoxy) is 1. The minimum absolute atomic E-state index is 0.0871. The highest BCUT2D eigenvalue weighted by Crippen LogP contribution is 2.25. The van der Waals surface area contributed by atoms with E-state index in [0.29, 0.717) is 23.5 Å². The monoisotopic (exact) mass is 417 g/mol. The normalized spacial score (nSPS) is 16.9. The first-order valence-electron chi connectivity index (χ1n) is 9.00. The summed E-state index contributed by atoms with van der Waals surface area (Å²) in [5, 5.41) is 2.84. The van der Waals surface area contributed by atoms with E-state index in [0.717, 1.165) is 4.31 Å². The van der Waals surface area contributed by atoms with Gasteiger partial charge >= 0.3 is 0 Å². The van der Waals surface area contributed by atoms with Crippen molar-refractivity contribution in [2.75, 3.05) is 32.6 Å². The molecule has 0 bridgehead atoms. The number of nitrogens with one attached hydrogen (secondary N) is 1. The highest BCUT2D eigenvalue weighted by Gasteiger charge is 2.32. The highest BCUT2D eigenvalue weighted by molar-refractivity contribution is 7.89. The van der Waals surface area contributed by atoms with Gasteiger partial charge in [-0.05, 0) is 36.4 Å². The summed E-state index contributed by atoms with van der Waals surface area (Å²) in [6.07, 6.45) is 0.191. The predicted octanol–water partition coefficient (Wildman–Crippen LogP) is 1.48. The van der Waals surface area contributed by atoms with E-state index in [1.165, 1.54) is 38.4 Å². The predicted molar refractivity (Wildman–Crippen MR) is 109 cm³/mol. The second kappa shape index (κ2) is 8.22. The van der Waals surface area contributed by atoms with Gasteiger partial charge < -0.3 is 15.0 Å². The second-order valence-corrected chi connectivity index (χ2v) is 9.04. The van der Waals surface area contributed by atoms with Crippen molar-refractivity contribution in [1.82, 2.24) is 9.62 Å². The molecule has 1 aliphatic heterocycles. The Hall–Kier alpha value is -2.91. The third-order valence-electron chi connectivity index (χ3n) is 4.72. The van der Waals surface area contributed by atoms with Crippen molar-refractivity contribution < 1.29 is 22.7 Å². The van der Waals surface area contributed by atoms with Gasteiger partial charge in [-0.1, -0.05) is 6.07 Å². The van der Waals surface area contributed by atoms with Crippen LogP contribution in [-0.2, 0) is 14.8 Å². The number of hydrogen-bond acceptors (Lipinski definition) is 5. The molecule has 1 fully saturated rings. The molecule has 1 heterocycles. The third-order valence-corrected chi connectivity index (χ3v) is 6.55. The van der Waals surface area contributed by atoms with Gasteiger partial charge in [0.1, 0.15) is 5.75 Å². The van der Waals surface area contributed by atoms with Crippen LogP contribution in [-0.4, -0.2) is 58.3 Å². The van der Waals surface area contributed by atoms with Crippen LogP contribution in [0.5, 0.6) is 5.75 Å². The number of amides is 2. The lowest BCUT2D eigenvalue weighted by Gasteiger charge is -2.18. The summed E-state index contributed by atoms with van der Waals surface area (Å²) in [6, 6.07) is 12.6. The van der Waals surface area contributed by atoms with Gasteiger partial charge in [0, 0.05) is 44.4 Å². The Labute approximate surface area is 170 Å². The molecule has 1 unspecified atom stereocenters. The maximum atomic E-state index is 12.5. The van der Waals surface area contributed by atoms with Gasteiger partial charge in [0.25, 0.3) is 5.91 Å². The Morgan fingerprint density at radius 2 is 1.86 bits per heavy atom. The molecule has 1 N–H and O–H groups in total. The van der Waals surface area contributed by atoms with Gasteiger partial charge in [0.05, 0.1) is 18.0 Å². The molecule has 29 heavy (non-hydrogen) atoms. The minimum atomic E-state index is -3.55. The largest absolute Gasteiger partial charge is 0.497 e. The highest BCUT2D eigenvalue weighted by atomic mass is 32.2. The molecule has 0 radical (unpaired) electrons. The van der Waals surface area contributed by atoms with E-state index >= 15 is 0 Å². The van der Waals surface area contributed by atoms with Crippen LogP contribution in [0.2, 0.25) is 0 Å². The smallest absolute Gasteiger partial charge is 0.251 e. The van der Waals surface area contributed by atoms with Gasteiger partial charge in [-0.25, -0.2) is 12.7 Å². The second-order valence-electron chi connectivity index (χ2n) is 6.89. The van der Waals surface area contributed by atoms with Crippen LogP contribution in [0.15, 0.2) is 53.4 Å². The van der Waals surface area contributed by atoms with Gasteiger partial charge in [-0.2, -0.15) is 0 Å². The number of carbonyl (C=O) groups is 2. The van der Waals surface area contributed by atoms with E-state index in [1.807, 2.05) is 6.07 Å². The van der Waals surface area contributed by atoms with E-state index in [-0.39, 0.29) is 29.2 Å². The number of carbonyl (C=O) groups excluding carboxylic acids is 2. The molecule has 0 spiro atoms. The molecule has 2 amide bonds. The fourth-order valence-corrected chi connectivity index (χ4v) is 3.99. The number of methoxy groups -OCH3 is 1. The number of rotatable bonds is 6. The van der Waals surface area contributed by atoms with Gasteiger partial charge in [0.15, 0.2) is 0 Å². The van der Waals surface area contributed by atoms with Crippen molar-refractivity contribution in [3.8, 4) is 5.75 Å². The Morgan fingerprint density at radius 3 is 2.48 bits per heavy atom. The molecule has 0 saturated carbocycles. The van der Waals surface area contributed by atoms with Gasteiger partial charge in [-0.3, -0.25) is 9.59 Å². The molecule has 3 rings (SSSR count). The maximum absolute atomic E-state index is 12.5. The summed E-state index contributed by atoms with van der Waals surface area (Å²) in [4.78, 5) is 26.6. The number of sulfonamides is 1. The van der Waals surface area contributed by atoms with Gasteiger partial charge in [0.2, 0.25) is 15.9 Å². The van der Waals surface area contributed by atoms with Crippen molar-refractivity contribution in [1.29, 1.82) is 0 Å². The molecule has 2 aromatic rings. The Morgan fingerprint density at radius 1 is 1.17 bits per heavy atom.